The van der Waals surface area contributed by atoms with E-state index in [0.29, 0.717) is 18.7 Å². The fourth-order valence-corrected chi connectivity index (χ4v) is 4.38. The molecule has 0 radical (unpaired) electrons. The van der Waals surface area contributed by atoms with E-state index in [1.807, 2.05) is 25.1 Å². The van der Waals surface area contributed by atoms with Crippen molar-refractivity contribution in [1.82, 2.24) is 4.31 Å². The highest BCUT2D eigenvalue weighted by atomic mass is 32.2. The van der Waals surface area contributed by atoms with Gasteiger partial charge in [-0.05, 0) is 31.0 Å². The average molecular weight is 308 g/mol. The maximum Gasteiger partial charge on any atom is 0.211 e. The lowest BCUT2D eigenvalue weighted by Crippen LogP contribution is -2.59. The van der Waals surface area contributed by atoms with Crippen molar-refractivity contribution < 1.29 is 13.2 Å². The Morgan fingerprint density at radius 3 is 2.57 bits per heavy atom. The van der Waals surface area contributed by atoms with Crippen molar-refractivity contribution in [2.75, 3.05) is 37.3 Å². The molecule has 2 aliphatic heterocycles. The van der Waals surface area contributed by atoms with Crippen molar-refractivity contribution >= 4 is 22.0 Å². The van der Waals surface area contributed by atoms with E-state index >= 15 is 0 Å². The zero-order valence-electron chi connectivity index (χ0n) is 12.4. The minimum atomic E-state index is -3.07. The Bertz CT molecular complexity index is 678. The van der Waals surface area contributed by atoms with Crippen LogP contribution in [0.2, 0.25) is 0 Å². The molecule has 0 saturated carbocycles. The molecular weight excluding hydrogens is 288 g/mol. The van der Waals surface area contributed by atoms with Crippen LogP contribution in [-0.4, -0.2) is 51.4 Å². The third kappa shape index (κ3) is 2.58. The first-order valence-corrected chi connectivity index (χ1v) is 8.94. The summed E-state index contributed by atoms with van der Waals surface area (Å²) in [6, 6.07) is 5.83. The first-order valence-electron chi connectivity index (χ1n) is 7.09. The van der Waals surface area contributed by atoms with Crippen LogP contribution >= 0.6 is 0 Å². The number of nitrogens with zero attached hydrogens (tertiary/aromatic N) is 2. The summed E-state index contributed by atoms with van der Waals surface area (Å²) in [7, 11) is -3.07. The number of aryl methyl sites for hydroxylation is 1. The number of anilines is 1. The summed E-state index contributed by atoms with van der Waals surface area (Å²) in [5, 5.41) is 0. The van der Waals surface area contributed by atoms with Crippen LogP contribution in [0.25, 0.3) is 0 Å². The van der Waals surface area contributed by atoms with Crippen LogP contribution in [0, 0.1) is 12.3 Å². The number of sulfonamides is 1. The molecule has 1 aromatic carbocycles. The molecule has 0 aliphatic carbocycles. The third-order valence-electron chi connectivity index (χ3n) is 4.58. The summed E-state index contributed by atoms with van der Waals surface area (Å²) in [5.41, 5.74) is 2.87. The second-order valence-electron chi connectivity index (χ2n) is 6.38. The van der Waals surface area contributed by atoms with Gasteiger partial charge in [-0.15, -0.1) is 0 Å². The molecule has 6 heteroatoms. The smallest absolute Gasteiger partial charge is 0.211 e. The zero-order valence-corrected chi connectivity index (χ0v) is 13.2. The van der Waals surface area contributed by atoms with Crippen molar-refractivity contribution in [3.05, 3.63) is 29.3 Å². The first kappa shape index (κ1) is 14.5. The van der Waals surface area contributed by atoms with E-state index in [9.17, 15) is 13.2 Å². The van der Waals surface area contributed by atoms with Gasteiger partial charge in [0.15, 0.2) is 6.29 Å². The van der Waals surface area contributed by atoms with Gasteiger partial charge in [-0.1, -0.05) is 6.07 Å². The molecule has 0 aromatic heterocycles. The van der Waals surface area contributed by atoms with Crippen LogP contribution in [0.1, 0.15) is 22.3 Å². The highest BCUT2D eigenvalue weighted by Crippen LogP contribution is 2.42. The summed E-state index contributed by atoms with van der Waals surface area (Å²) >= 11 is 0. The maximum atomic E-state index is 11.5. The Balaban J connectivity index is 1.77. The standard InChI is InChI=1S/C15H20N2O3S/c1-12-3-4-13(8-18)14(7-12)16-6-5-15(9-16)10-17(11-15)21(2,19)20/h3-4,7-8H,5-6,9-11H2,1-2H3. The highest BCUT2D eigenvalue weighted by molar-refractivity contribution is 7.88. The molecule has 1 spiro atoms. The summed E-state index contributed by atoms with van der Waals surface area (Å²) in [6.07, 6.45) is 3.13. The Labute approximate surface area is 125 Å². The number of aldehydes is 1. The van der Waals surface area contributed by atoms with E-state index in [2.05, 4.69) is 4.90 Å². The molecule has 2 heterocycles. The van der Waals surface area contributed by atoms with Crippen molar-refractivity contribution in [2.24, 2.45) is 5.41 Å². The van der Waals surface area contributed by atoms with Crippen molar-refractivity contribution in [3.8, 4) is 0 Å². The van der Waals surface area contributed by atoms with Crippen LogP contribution in [0.5, 0.6) is 0 Å². The van der Waals surface area contributed by atoms with Gasteiger partial charge in [0.25, 0.3) is 0 Å². The molecule has 2 aliphatic rings. The minimum Gasteiger partial charge on any atom is -0.370 e. The number of carbonyl (C=O) groups excluding carboxylic acids is 1. The molecule has 2 saturated heterocycles. The van der Waals surface area contributed by atoms with Gasteiger partial charge in [0.1, 0.15) is 0 Å². The molecule has 0 atom stereocenters. The largest absolute Gasteiger partial charge is 0.370 e. The predicted molar refractivity (Wildman–Crippen MR) is 82.2 cm³/mol. The topological polar surface area (TPSA) is 57.7 Å². The van der Waals surface area contributed by atoms with Crippen LogP contribution < -0.4 is 4.90 Å². The number of rotatable bonds is 3. The Morgan fingerprint density at radius 2 is 1.95 bits per heavy atom. The molecule has 0 N–H and O–H groups in total. The maximum absolute atomic E-state index is 11.5. The molecule has 1 aromatic rings. The van der Waals surface area contributed by atoms with Crippen LogP contribution in [0.15, 0.2) is 18.2 Å². The van der Waals surface area contributed by atoms with Crippen molar-refractivity contribution in [2.45, 2.75) is 13.3 Å². The van der Waals surface area contributed by atoms with Crippen molar-refractivity contribution in [1.29, 1.82) is 0 Å². The first-order chi connectivity index (χ1) is 9.83. The Hall–Kier alpha value is -1.40. The monoisotopic (exact) mass is 308 g/mol. The SMILES string of the molecule is Cc1ccc(C=O)c(N2CCC3(C2)CN(S(C)(=O)=O)C3)c1. The van der Waals surface area contributed by atoms with E-state index in [-0.39, 0.29) is 5.41 Å². The quantitative estimate of drug-likeness (QED) is 0.789. The second kappa shape index (κ2) is 4.81. The van der Waals surface area contributed by atoms with Gasteiger partial charge in [0, 0.05) is 42.8 Å². The normalized spacial score (nSPS) is 21.5. The molecule has 0 unspecified atom stereocenters. The Kier molecular flexibility index (Phi) is 3.33. The lowest BCUT2D eigenvalue weighted by atomic mass is 9.81. The molecule has 3 rings (SSSR count). The number of hydrogen-bond acceptors (Lipinski definition) is 4. The lowest BCUT2D eigenvalue weighted by Gasteiger charge is -2.46. The molecular formula is C15H20N2O3S. The van der Waals surface area contributed by atoms with Gasteiger partial charge in [-0.2, -0.15) is 0 Å². The summed E-state index contributed by atoms with van der Waals surface area (Å²) in [4.78, 5) is 13.4. The van der Waals surface area contributed by atoms with Gasteiger partial charge >= 0.3 is 0 Å². The Morgan fingerprint density at radius 1 is 1.24 bits per heavy atom. The highest BCUT2D eigenvalue weighted by Gasteiger charge is 2.50. The van der Waals surface area contributed by atoms with Crippen molar-refractivity contribution in [3.63, 3.8) is 0 Å². The number of carbonyl (C=O) groups is 1. The molecule has 0 bridgehead atoms. The third-order valence-corrected chi connectivity index (χ3v) is 5.78. The lowest BCUT2D eigenvalue weighted by molar-refractivity contribution is 0.0944. The van der Waals surface area contributed by atoms with Crippen LogP contribution in [-0.2, 0) is 10.0 Å². The number of benzene rings is 1. The fourth-order valence-electron chi connectivity index (χ4n) is 3.36. The zero-order chi connectivity index (χ0) is 15.3. The van der Waals surface area contributed by atoms with E-state index in [1.165, 1.54) is 10.6 Å². The van der Waals surface area contributed by atoms with E-state index in [0.717, 1.165) is 37.0 Å². The van der Waals surface area contributed by atoms with Crippen LogP contribution in [0.3, 0.4) is 0 Å². The van der Waals surface area contributed by atoms with Gasteiger partial charge in [0.05, 0.1) is 6.26 Å². The van der Waals surface area contributed by atoms with Gasteiger partial charge in [0.2, 0.25) is 10.0 Å². The van der Waals surface area contributed by atoms with Gasteiger partial charge < -0.3 is 4.90 Å². The van der Waals surface area contributed by atoms with E-state index < -0.39 is 10.0 Å². The van der Waals surface area contributed by atoms with Gasteiger partial charge in [-0.3, -0.25) is 4.79 Å². The molecule has 0 amide bonds. The minimum absolute atomic E-state index is 0.0625. The molecule has 5 nitrogen and oxygen atoms in total. The summed E-state index contributed by atoms with van der Waals surface area (Å²) in [6.45, 7) is 4.92. The fraction of sp³-hybridized carbons (Fsp3) is 0.533. The molecule has 114 valence electrons. The van der Waals surface area contributed by atoms with E-state index in [4.69, 9.17) is 0 Å². The van der Waals surface area contributed by atoms with Gasteiger partial charge in [-0.25, -0.2) is 12.7 Å². The van der Waals surface area contributed by atoms with Crippen LogP contribution in [0.4, 0.5) is 5.69 Å². The second-order valence-corrected chi connectivity index (χ2v) is 8.37. The number of hydrogen-bond donors (Lipinski definition) is 0. The predicted octanol–water partition coefficient (Wildman–Crippen LogP) is 1.28. The summed E-state index contributed by atoms with van der Waals surface area (Å²) in [5.74, 6) is 0. The average Bonchev–Trinajstić information content (AvgIpc) is 2.81. The molecule has 21 heavy (non-hydrogen) atoms. The summed E-state index contributed by atoms with van der Waals surface area (Å²) < 4.78 is 24.6. The van der Waals surface area contributed by atoms with E-state index in [1.54, 1.807) is 0 Å². The molecule has 2 fully saturated rings.